The van der Waals surface area contributed by atoms with E-state index < -0.39 is 0 Å². The van der Waals surface area contributed by atoms with Crippen molar-refractivity contribution in [2.45, 2.75) is 6.54 Å². The number of hydrogen-bond acceptors (Lipinski definition) is 4. The quantitative estimate of drug-likeness (QED) is 0.928. The Morgan fingerprint density at radius 3 is 2.86 bits per heavy atom. The number of ether oxygens (including phenoxy) is 1. The molecule has 6 nitrogen and oxygen atoms in total. The van der Waals surface area contributed by atoms with Crippen LogP contribution in [0.4, 0.5) is 5.69 Å². The van der Waals surface area contributed by atoms with E-state index in [4.69, 9.17) is 4.74 Å². The molecule has 2 aromatic rings. The molecule has 2 heterocycles. The highest BCUT2D eigenvalue weighted by Gasteiger charge is 2.23. The first kappa shape index (κ1) is 14.1. The molecule has 0 radical (unpaired) electrons. The second-order valence-electron chi connectivity index (χ2n) is 4.96. The van der Waals surface area contributed by atoms with Crippen molar-refractivity contribution in [3.05, 3.63) is 53.9 Å². The lowest BCUT2D eigenvalue weighted by molar-refractivity contribution is -0.120. The van der Waals surface area contributed by atoms with Crippen molar-refractivity contribution in [3.63, 3.8) is 0 Å². The summed E-state index contributed by atoms with van der Waals surface area (Å²) in [4.78, 5) is 29.3. The smallest absolute Gasteiger partial charge is 0.264 e. The summed E-state index contributed by atoms with van der Waals surface area (Å²) >= 11 is 0. The second-order valence-corrected chi connectivity index (χ2v) is 4.96. The number of rotatable bonds is 3. The molecule has 3 rings (SSSR count). The molecule has 1 aliphatic rings. The molecule has 0 bridgehead atoms. The lowest BCUT2D eigenvalue weighted by atomic mass is 10.1. The molecule has 0 fully saturated rings. The van der Waals surface area contributed by atoms with Crippen molar-refractivity contribution in [1.82, 2.24) is 10.3 Å². The summed E-state index contributed by atoms with van der Waals surface area (Å²) in [6.07, 6.45) is 3.36. The minimum atomic E-state index is -0.203. The molecule has 1 N–H and O–H groups in total. The van der Waals surface area contributed by atoms with E-state index in [1.165, 1.54) is 4.90 Å². The van der Waals surface area contributed by atoms with Gasteiger partial charge in [0.1, 0.15) is 5.75 Å². The van der Waals surface area contributed by atoms with Crippen LogP contribution in [0.3, 0.4) is 0 Å². The Bertz CT molecular complexity index is 716. The highest BCUT2D eigenvalue weighted by Crippen LogP contribution is 2.31. The van der Waals surface area contributed by atoms with E-state index in [1.54, 1.807) is 37.6 Å². The van der Waals surface area contributed by atoms with Crippen LogP contribution in [0, 0.1) is 0 Å². The first-order chi connectivity index (χ1) is 10.6. The van der Waals surface area contributed by atoms with Gasteiger partial charge in [-0.3, -0.25) is 14.6 Å². The second kappa shape index (κ2) is 5.85. The van der Waals surface area contributed by atoms with Gasteiger partial charge < -0.3 is 15.0 Å². The molecule has 0 saturated heterocycles. The van der Waals surface area contributed by atoms with E-state index in [0.717, 1.165) is 5.56 Å². The molecule has 1 aliphatic heterocycles. The number of carbonyl (C=O) groups excluding carboxylic acids is 2. The Morgan fingerprint density at radius 1 is 1.32 bits per heavy atom. The molecule has 0 aliphatic carbocycles. The van der Waals surface area contributed by atoms with Crippen LogP contribution in [0.2, 0.25) is 0 Å². The van der Waals surface area contributed by atoms with Gasteiger partial charge in [0.05, 0.1) is 5.69 Å². The number of aromatic nitrogens is 1. The number of carbonyl (C=O) groups is 2. The summed E-state index contributed by atoms with van der Waals surface area (Å²) < 4.78 is 5.34. The molecule has 1 aromatic carbocycles. The van der Waals surface area contributed by atoms with Gasteiger partial charge in [-0.25, -0.2) is 0 Å². The molecular formula is C16H15N3O3. The fourth-order valence-electron chi connectivity index (χ4n) is 2.20. The number of anilines is 1. The zero-order chi connectivity index (χ0) is 15.5. The van der Waals surface area contributed by atoms with Crippen LogP contribution >= 0.6 is 0 Å². The number of nitrogens with zero attached hydrogens (tertiary/aromatic N) is 2. The van der Waals surface area contributed by atoms with E-state index in [1.807, 2.05) is 12.1 Å². The molecule has 2 amide bonds. The number of hydrogen-bond donors (Lipinski definition) is 1. The third kappa shape index (κ3) is 2.76. The summed E-state index contributed by atoms with van der Waals surface area (Å²) in [6, 6.07) is 8.74. The standard InChI is InChI=1S/C16H15N3O3/c1-19-13-8-12(2-3-14(13)22-10-15(19)20)16(21)18-9-11-4-6-17-7-5-11/h2-8H,9-10H2,1H3,(H,18,21). The van der Waals surface area contributed by atoms with Crippen LogP contribution in [0.1, 0.15) is 15.9 Å². The van der Waals surface area contributed by atoms with Gasteiger partial charge in [0, 0.05) is 31.5 Å². The van der Waals surface area contributed by atoms with Gasteiger partial charge in [-0.1, -0.05) is 0 Å². The van der Waals surface area contributed by atoms with Crippen molar-refractivity contribution >= 4 is 17.5 Å². The van der Waals surface area contributed by atoms with E-state index in [-0.39, 0.29) is 18.4 Å². The summed E-state index contributed by atoms with van der Waals surface area (Å²) in [5, 5.41) is 2.84. The van der Waals surface area contributed by atoms with Crippen LogP contribution in [0.15, 0.2) is 42.7 Å². The van der Waals surface area contributed by atoms with E-state index in [0.29, 0.717) is 23.5 Å². The van der Waals surface area contributed by atoms with Crippen LogP contribution < -0.4 is 15.0 Å². The van der Waals surface area contributed by atoms with Crippen LogP contribution in [-0.2, 0) is 11.3 Å². The Morgan fingerprint density at radius 2 is 2.09 bits per heavy atom. The van der Waals surface area contributed by atoms with Crippen molar-refractivity contribution in [3.8, 4) is 5.75 Å². The number of amides is 2. The van der Waals surface area contributed by atoms with E-state index in [2.05, 4.69) is 10.3 Å². The molecule has 0 unspecified atom stereocenters. The molecule has 0 atom stereocenters. The summed E-state index contributed by atoms with van der Waals surface area (Å²) in [5.74, 6) is 0.265. The van der Waals surface area contributed by atoms with Crippen molar-refractivity contribution < 1.29 is 14.3 Å². The number of benzene rings is 1. The maximum absolute atomic E-state index is 12.2. The SMILES string of the molecule is CN1C(=O)COc2ccc(C(=O)NCc3ccncc3)cc21. The Balaban J connectivity index is 1.75. The summed E-state index contributed by atoms with van der Waals surface area (Å²) in [5.41, 5.74) is 2.06. The van der Waals surface area contributed by atoms with Gasteiger partial charge in [-0.05, 0) is 35.9 Å². The molecule has 6 heteroatoms. The Labute approximate surface area is 127 Å². The minimum absolute atomic E-state index is 0.0249. The topological polar surface area (TPSA) is 71.5 Å². The average Bonchev–Trinajstić information content (AvgIpc) is 2.57. The van der Waals surface area contributed by atoms with Crippen molar-refractivity contribution in [1.29, 1.82) is 0 Å². The lowest BCUT2D eigenvalue weighted by Gasteiger charge is -2.26. The summed E-state index contributed by atoms with van der Waals surface area (Å²) in [7, 11) is 1.67. The molecule has 22 heavy (non-hydrogen) atoms. The monoisotopic (exact) mass is 297 g/mol. The summed E-state index contributed by atoms with van der Waals surface area (Å²) in [6.45, 7) is 0.445. The van der Waals surface area contributed by atoms with Crippen molar-refractivity contribution in [2.24, 2.45) is 0 Å². The van der Waals surface area contributed by atoms with E-state index in [9.17, 15) is 9.59 Å². The molecule has 112 valence electrons. The van der Waals surface area contributed by atoms with Gasteiger partial charge in [0.25, 0.3) is 11.8 Å². The van der Waals surface area contributed by atoms with Gasteiger partial charge >= 0.3 is 0 Å². The van der Waals surface area contributed by atoms with Crippen LogP contribution in [-0.4, -0.2) is 30.5 Å². The first-order valence-electron chi connectivity index (χ1n) is 6.85. The maximum Gasteiger partial charge on any atom is 0.264 e. The molecule has 1 aromatic heterocycles. The van der Waals surface area contributed by atoms with Gasteiger partial charge in [-0.2, -0.15) is 0 Å². The predicted octanol–water partition coefficient (Wildman–Crippen LogP) is 1.37. The normalized spacial score (nSPS) is 13.3. The third-order valence-electron chi connectivity index (χ3n) is 3.51. The lowest BCUT2D eigenvalue weighted by Crippen LogP contribution is -2.35. The number of pyridine rings is 1. The molecule has 0 spiro atoms. The minimum Gasteiger partial charge on any atom is -0.482 e. The maximum atomic E-state index is 12.2. The fourth-order valence-corrected chi connectivity index (χ4v) is 2.20. The average molecular weight is 297 g/mol. The largest absolute Gasteiger partial charge is 0.482 e. The highest BCUT2D eigenvalue weighted by atomic mass is 16.5. The number of likely N-dealkylation sites (N-methyl/N-ethyl adjacent to an activating group) is 1. The van der Waals surface area contributed by atoms with E-state index >= 15 is 0 Å². The highest BCUT2D eigenvalue weighted by molar-refractivity contribution is 6.00. The van der Waals surface area contributed by atoms with Crippen molar-refractivity contribution in [2.75, 3.05) is 18.6 Å². The van der Waals surface area contributed by atoms with Gasteiger partial charge in [-0.15, -0.1) is 0 Å². The van der Waals surface area contributed by atoms with Crippen LogP contribution in [0.25, 0.3) is 0 Å². The van der Waals surface area contributed by atoms with Gasteiger partial charge in [0.15, 0.2) is 6.61 Å². The fraction of sp³-hybridized carbons (Fsp3) is 0.188. The predicted molar refractivity (Wildman–Crippen MR) is 80.8 cm³/mol. The zero-order valence-corrected chi connectivity index (χ0v) is 12.1. The van der Waals surface area contributed by atoms with Gasteiger partial charge in [0.2, 0.25) is 0 Å². The Kier molecular flexibility index (Phi) is 3.74. The first-order valence-corrected chi connectivity index (χ1v) is 6.85. The number of nitrogens with one attached hydrogen (secondary N) is 1. The number of fused-ring (bicyclic) bond motifs is 1. The molecule has 0 saturated carbocycles. The molecular weight excluding hydrogens is 282 g/mol. The third-order valence-corrected chi connectivity index (χ3v) is 3.51. The Hall–Kier alpha value is -2.89. The zero-order valence-electron chi connectivity index (χ0n) is 12.1. The van der Waals surface area contributed by atoms with Crippen LogP contribution in [0.5, 0.6) is 5.75 Å².